The molecule has 134 valence electrons. The van der Waals surface area contributed by atoms with Crippen LogP contribution in [-0.2, 0) is 10.5 Å². The molecule has 0 radical (unpaired) electrons. The minimum Gasteiger partial charge on any atom is -0.405 e. The topological polar surface area (TPSA) is 30.5 Å². The number of hydrogen-bond donors (Lipinski definition) is 1. The van der Waals surface area contributed by atoms with Crippen LogP contribution >= 0.6 is 11.8 Å². The zero-order valence-electron chi connectivity index (χ0n) is 13.4. The molecule has 1 aliphatic rings. The highest BCUT2D eigenvalue weighted by Crippen LogP contribution is 2.36. The first-order valence-electron chi connectivity index (χ1n) is 7.90. The zero-order valence-corrected chi connectivity index (χ0v) is 14.2. The lowest BCUT2D eigenvalue weighted by Crippen LogP contribution is -2.33. The summed E-state index contributed by atoms with van der Waals surface area (Å²) < 4.78 is 47.5. The van der Waals surface area contributed by atoms with Gasteiger partial charge in [0.2, 0.25) is 0 Å². The maximum Gasteiger partial charge on any atom is 0.573 e. The van der Waals surface area contributed by atoms with Crippen molar-refractivity contribution in [3.63, 3.8) is 0 Å². The minimum absolute atomic E-state index is 0.0350. The van der Waals surface area contributed by atoms with Crippen molar-refractivity contribution in [1.29, 1.82) is 0 Å². The van der Waals surface area contributed by atoms with Crippen LogP contribution in [0.3, 0.4) is 0 Å². The van der Waals surface area contributed by atoms with Gasteiger partial charge in [-0.05, 0) is 23.3 Å². The Hall–Kier alpha value is -1.70. The number of para-hydroxylation sites is 1. The Morgan fingerprint density at radius 1 is 1.12 bits per heavy atom. The average Bonchev–Trinajstić information content (AvgIpc) is 2.61. The van der Waals surface area contributed by atoms with Crippen molar-refractivity contribution in [3.05, 3.63) is 59.7 Å². The molecule has 3 rings (SSSR count). The number of rotatable bonds is 5. The van der Waals surface area contributed by atoms with E-state index in [0.717, 1.165) is 24.2 Å². The quantitative estimate of drug-likeness (QED) is 0.784. The highest BCUT2D eigenvalue weighted by atomic mass is 32.2. The molecule has 1 fully saturated rings. The van der Waals surface area contributed by atoms with Gasteiger partial charge in [-0.25, -0.2) is 0 Å². The maximum absolute atomic E-state index is 12.5. The highest BCUT2D eigenvalue weighted by Gasteiger charge is 2.32. The molecule has 1 atom stereocenters. The number of nitrogens with one attached hydrogen (secondary N) is 1. The molecule has 0 bridgehead atoms. The number of halogens is 3. The highest BCUT2D eigenvalue weighted by molar-refractivity contribution is 7.98. The SMILES string of the molecule is FC(F)(F)Oc1ccccc1SCc1ccccc1[C@H]1CNCCO1. The molecule has 0 amide bonds. The third kappa shape index (κ3) is 5.14. The summed E-state index contributed by atoms with van der Waals surface area (Å²) in [6.07, 6.45) is -4.73. The molecule has 2 aromatic carbocycles. The molecule has 2 aromatic rings. The smallest absolute Gasteiger partial charge is 0.405 e. The standard InChI is InChI=1S/C18H18F3NO2S/c19-18(20,21)24-15-7-3-4-8-17(15)25-12-13-5-1-2-6-14(13)16-11-22-9-10-23-16/h1-8,16,22H,9-12H2/t16-/m1/s1. The number of morpholine rings is 1. The van der Waals surface area contributed by atoms with Crippen molar-refractivity contribution in [2.45, 2.75) is 23.1 Å². The van der Waals surface area contributed by atoms with E-state index in [2.05, 4.69) is 10.1 Å². The summed E-state index contributed by atoms with van der Waals surface area (Å²) in [5.41, 5.74) is 2.11. The van der Waals surface area contributed by atoms with Crippen molar-refractivity contribution < 1.29 is 22.6 Å². The molecule has 25 heavy (non-hydrogen) atoms. The summed E-state index contributed by atoms with van der Waals surface area (Å²) in [5, 5.41) is 3.29. The van der Waals surface area contributed by atoms with Gasteiger partial charge in [0.05, 0.1) is 17.6 Å². The maximum atomic E-state index is 12.5. The van der Waals surface area contributed by atoms with E-state index in [1.807, 2.05) is 24.3 Å². The summed E-state index contributed by atoms with van der Waals surface area (Å²) in [7, 11) is 0. The fraction of sp³-hybridized carbons (Fsp3) is 0.333. The molecule has 1 saturated heterocycles. The number of thioether (sulfide) groups is 1. The Morgan fingerprint density at radius 3 is 2.64 bits per heavy atom. The Morgan fingerprint density at radius 2 is 1.88 bits per heavy atom. The summed E-state index contributed by atoms with van der Waals surface area (Å²) in [6, 6.07) is 14.0. The van der Waals surface area contributed by atoms with Crippen LogP contribution in [0.1, 0.15) is 17.2 Å². The van der Waals surface area contributed by atoms with Gasteiger partial charge in [-0.15, -0.1) is 24.9 Å². The van der Waals surface area contributed by atoms with Crippen molar-refractivity contribution >= 4 is 11.8 Å². The van der Waals surface area contributed by atoms with Crippen LogP contribution in [0.5, 0.6) is 5.75 Å². The van der Waals surface area contributed by atoms with Crippen LogP contribution in [0.4, 0.5) is 13.2 Å². The predicted octanol–water partition coefficient (Wildman–Crippen LogP) is 4.54. The van der Waals surface area contributed by atoms with Gasteiger partial charge in [-0.2, -0.15) is 0 Å². The molecule has 0 unspecified atom stereocenters. The van der Waals surface area contributed by atoms with E-state index in [1.54, 1.807) is 12.1 Å². The van der Waals surface area contributed by atoms with Gasteiger partial charge in [0.1, 0.15) is 5.75 Å². The lowest BCUT2D eigenvalue weighted by molar-refractivity contribution is -0.275. The second-order valence-corrected chi connectivity index (χ2v) is 6.56. The van der Waals surface area contributed by atoms with E-state index in [-0.39, 0.29) is 11.9 Å². The zero-order chi connectivity index (χ0) is 17.7. The van der Waals surface area contributed by atoms with Gasteiger partial charge in [0.15, 0.2) is 0 Å². The molecule has 1 aliphatic heterocycles. The summed E-state index contributed by atoms with van der Waals surface area (Å²) in [5.74, 6) is 0.363. The summed E-state index contributed by atoms with van der Waals surface area (Å²) >= 11 is 1.32. The van der Waals surface area contributed by atoms with Crippen LogP contribution < -0.4 is 10.1 Å². The van der Waals surface area contributed by atoms with E-state index in [0.29, 0.717) is 17.3 Å². The van der Waals surface area contributed by atoms with Crippen LogP contribution in [0.2, 0.25) is 0 Å². The second-order valence-electron chi connectivity index (χ2n) is 5.55. The van der Waals surface area contributed by atoms with Gasteiger partial charge in [0.25, 0.3) is 0 Å². The molecular formula is C18H18F3NO2S. The molecule has 0 aliphatic carbocycles. The van der Waals surface area contributed by atoms with Gasteiger partial charge in [0, 0.05) is 18.8 Å². The van der Waals surface area contributed by atoms with Crippen molar-refractivity contribution in [3.8, 4) is 5.75 Å². The van der Waals surface area contributed by atoms with Gasteiger partial charge in [-0.3, -0.25) is 0 Å². The minimum atomic E-state index is -4.70. The van der Waals surface area contributed by atoms with Crippen LogP contribution in [-0.4, -0.2) is 26.1 Å². The monoisotopic (exact) mass is 369 g/mol. The first kappa shape index (κ1) is 18.1. The lowest BCUT2D eigenvalue weighted by atomic mass is 10.0. The van der Waals surface area contributed by atoms with Crippen molar-refractivity contribution in [1.82, 2.24) is 5.32 Å². The van der Waals surface area contributed by atoms with Crippen LogP contribution in [0.25, 0.3) is 0 Å². The molecule has 0 aromatic heterocycles. The normalized spacial score (nSPS) is 18.1. The van der Waals surface area contributed by atoms with Gasteiger partial charge < -0.3 is 14.8 Å². The summed E-state index contributed by atoms with van der Waals surface area (Å²) in [6.45, 7) is 2.21. The Labute approximate surface area is 148 Å². The fourth-order valence-corrected chi connectivity index (χ4v) is 3.68. The Kier molecular flexibility index (Phi) is 5.88. The van der Waals surface area contributed by atoms with Crippen molar-refractivity contribution in [2.24, 2.45) is 0 Å². The lowest BCUT2D eigenvalue weighted by Gasteiger charge is -2.26. The van der Waals surface area contributed by atoms with E-state index in [1.165, 1.54) is 23.9 Å². The third-order valence-electron chi connectivity index (χ3n) is 3.79. The van der Waals surface area contributed by atoms with E-state index < -0.39 is 6.36 Å². The molecule has 7 heteroatoms. The second kappa shape index (κ2) is 8.12. The number of ether oxygens (including phenoxy) is 2. The first-order chi connectivity index (χ1) is 12.0. The largest absolute Gasteiger partial charge is 0.573 e. The number of benzene rings is 2. The van der Waals surface area contributed by atoms with Crippen LogP contribution in [0.15, 0.2) is 53.4 Å². The van der Waals surface area contributed by atoms with E-state index in [9.17, 15) is 13.2 Å². The molecule has 0 saturated carbocycles. The molecule has 1 N–H and O–H groups in total. The number of alkyl halides is 3. The molecule has 1 heterocycles. The van der Waals surface area contributed by atoms with Gasteiger partial charge in [-0.1, -0.05) is 36.4 Å². The van der Waals surface area contributed by atoms with E-state index in [4.69, 9.17) is 4.74 Å². The fourth-order valence-electron chi connectivity index (χ4n) is 2.68. The predicted molar refractivity (Wildman–Crippen MR) is 90.7 cm³/mol. The third-order valence-corrected chi connectivity index (χ3v) is 4.89. The van der Waals surface area contributed by atoms with E-state index >= 15 is 0 Å². The van der Waals surface area contributed by atoms with Gasteiger partial charge >= 0.3 is 6.36 Å². The number of hydrogen-bond acceptors (Lipinski definition) is 4. The molecular weight excluding hydrogens is 351 g/mol. The Balaban J connectivity index is 1.74. The average molecular weight is 369 g/mol. The van der Waals surface area contributed by atoms with Crippen molar-refractivity contribution in [2.75, 3.05) is 19.7 Å². The summed E-state index contributed by atoms with van der Waals surface area (Å²) in [4.78, 5) is 0.456. The molecule has 0 spiro atoms. The van der Waals surface area contributed by atoms with Crippen LogP contribution in [0, 0.1) is 0 Å². The molecule has 3 nitrogen and oxygen atoms in total. The first-order valence-corrected chi connectivity index (χ1v) is 8.89. The Bertz CT molecular complexity index is 703.